The summed E-state index contributed by atoms with van der Waals surface area (Å²) in [5.74, 6) is 0.0866. The van der Waals surface area contributed by atoms with Crippen molar-refractivity contribution in [2.24, 2.45) is 0 Å². The molecule has 2 aromatic carbocycles. The van der Waals surface area contributed by atoms with Crippen molar-refractivity contribution in [1.29, 1.82) is 0 Å². The molecule has 1 aliphatic rings. The smallest absolute Gasteiger partial charge is 0.246 e. The molecule has 3 nitrogen and oxygen atoms in total. The molecule has 1 aliphatic heterocycles. The van der Waals surface area contributed by atoms with Crippen LogP contribution in [0.3, 0.4) is 0 Å². The van der Waals surface area contributed by atoms with Gasteiger partial charge < -0.3 is 9.80 Å². The van der Waals surface area contributed by atoms with Crippen LogP contribution < -0.4 is 4.90 Å². The predicted octanol–water partition coefficient (Wildman–Crippen LogP) is 4.43. The molecule has 0 radical (unpaired) electrons. The fraction of sp³-hybridized carbons (Fsp3) is 0.286. The van der Waals surface area contributed by atoms with Crippen molar-refractivity contribution in [2.45, 2.75) is 13.8 Å². The third-order valence-electron chi connectivity index (χ3n) is 4.80. The molecule has 0 atom stereocenters. The minimum Gasteiger partial charge on any atom is -0.368 e. The van der Waals surface area contributed by atoms with Crippen LogP contribution in [0.5, 0.6) is 0 Å². The number of amides is 1. The van der Waals surface area contributed by atoms with E-state index in [0.29, 0.717) is 0 Å². The van der Waals surface area contributed by atoms with Crippen LogP contribution in [-0.4, -0.2) is 37.0 Å². The molecule has 1 saturated heterocycles. The van der Waals surface area contributed by atoms with Crippen LogP contribution in [0.2, 0.25) is 0 Å². The molecule has 25 heavy (non-hydrogen) atoms. The van der Waals surface area contributed by atoms with E-state index >= 15 is 0 Å². The summed E-state index contributed by atoms with van der Waals surface area (Å²) in [5.41, 5.74) is 4.97. The van der Waals surface area contributed by atoms with Crippen molar-refractivity contribution in [3.63, 3.8) is 0 Å². The monoisotopic (exact) mass is 398 g/mol. The summed E-state index contributed by atoms with van der Waals surface area (Å²) in [5, 5.41) is 0. The number of aryl methyl sites for hydroxylation is 1. The Morgan fingerprint density at radius 1 is 1.00 bits per heavy atom. The maximum Gasteiger partial charge on any atom is 0.246 e. The number of piperazine rings is 1. The van der Waals surface area contributed by atoms with Crippen molar-refractivity contribution in [2.75, 3.05) is 31.1 Å². The number of carbonyl (C=O) groups excluding carboxylic acids is 1. The molecule has 1 heterocycles. The van der Waals surface area contributed by atoms with Crippen molar-refractivity contribution in [3.8, 4) is 0 Å². The first kappa shape index (κ1) is 17.7. The Morgan fingerprint density at radius 3 is 2.36 bits per heavy atom. The molecule has 1 amide bonds. The second-order valence-corrected chi connectivity index (χ2v) is 7.33. The first-order valence-corrected chi connectivity index (χ1v) is 9.37. The number of carbonyl (C=O) groups is 1. The standard InChI is InChI=1S/C21H23BrN2O/c1-16-4-3-5-20(17(16)2)23-12-14-24(15-13-23)21(25)11-8-18-6-9-19(22)10-7-18/h3-11H,12-15H2,1-2H3/b11-8+. The second kappa shape index (κ2) is 7.87. The molecule has 0 N–H and O–H groups in total. The summed E-state index contributed by atoms with van der Waals surface area (Å²) in [6, 6.07) is 14.4. The number of benzene rings is 2. The first-order chi connectivity index (χ1) is 12.0. The van der Waals surface area contributed by atoms with Gasteiger partial charge in [-0.05, 0) is 54.8 Å². The van der Waals surface area contributed by atoms with Crippen LogP contribution in [0.15, 0.2) is 53.0 Å². The van der Waals surface area contributed by atoms with Crippen molar-refractivity contribution < 1.29 is 4.79 Å². The Bertz CT molecular complexity index is 775. The molecule has 0 spiro atoms. The van der Waals surface area contributed by atoms with Gasteiger partial charge in [0.1, 0.15) is 0 Å². The topological polar surface area (TPSA) is 23.6 Å². The van der Waals surface area contributed by atoms with E-state index in [9.17, 15) is 4.79 Å². The summed E-state index contributed by atoms with van der Waals surface area (Å²) in [7, 11) is 0. The van der Waals surface area contributed by atoms with E-state index in [1.54, 1.807) is 6.08 Å². The van der Waals surface area contributed by atoms with Crippen LogP contribution in [0.1, 0.15) is 16.7 Å². The molecule has 1 fully saturated rings. The molecular formula is C21H23BrN2O. The van der Waals surface area contributed by atoms with Crippen LogP contribution in [0.25, 0.3) is 6.08 Å². The van der Waals surface area contributed by atoms with E-state index in [1.165, 1.54) is 16.8 Å². The SMILES string of the molecule is Cc1cccc(N2CCN(C(=O)/C=C/c3ccc(Br)cc3)CC2)c1C. The number of hydrogen-bond acceptors (Lipinski definition) is 2. The average molecular weight is 399 g/mol. The predicted molar refractivity (Wildman–Crippen MR) is 108 cm³/mol. The fourth-order valence-corrected chi connectivity index (χ4v) is 3.36. The zero-order valence-corrected chi connectivity index (χ0v) is 16.3. The summed E-state index contributed by atoms with van der Waals surface area (Å²) in [4.78, 5) is 16.7. The number of halogens is 1. The molecule has 0 aliphatic carbocycles. The van der Waals surface area contributed by atoms with Gasteiger partial charge in [-0.2, -0.15) is 0 Å². The van der Waals surface area contributed by atoms with Crippen LogP contribution in [0, 0.1) is 13.8 Å². The summed E-state index contributed by atoms with van der Waals surface area (Å²) in [6.45, 7) is 7.59. The van der Waals surface area contributed by atoms with Gasteiger partial charge in [-0.15, -0.1) is 0 Å². The van der Waals surface area contributed by atoms with Crippen molar-refractivity contribution >= 4 is 33.6 Å². The molecule has 3 rings (SSSR count). The third-order valence-corrected chi connectivity index (χ3v) is 5.33. The molecule has 0 saturated carbocycles. The van der Waals surface area contributed by atoms with Gasteiger partial charge in [0.05, 0.1) is 0 Å². The minimum absolute atomic E-state index is 0.0866. The number of rotatable bonds is 3. The molecular weight excluding hydrogens is 376 g/mol. The van der Waals surface area contributed by atoms with Crippen molar-refractivity contribution in [1.82, 2.24) is 4.90 Å². The molecule has 0 aromatic heterocycles. The molecule has 130 valence electrons. The summed E-state index contributed by atoms with van der Waals surface area (Å²) in [6.07, 6.45) is 3.56. The van der Waals surface area contributed by atoms with Gasteiger partial charge in [-0.25, -0.2) is 0 Å². The highest BCUT2D eigenvalue weighted by Crippen LogP contribution is 2.24. The number of anilines is 1. The van der Waals surface area contributed by atoms with Gasteiger partial charge in [0, 0.05) is 42.4 Å². The third kappa shape index (κ3) is 4.31. The summed E-state index contributed by atoms with van der Waals surface area (Å²) < 4.78 is 1.04. The number of nitrogens with zero attached hydrogens (tertiary/aromatic N) is 2. The Balaban J connectivity index is 1.59. The van der Waals surface area contributed by atoms with E-state index in [-0.39, 0.29) is 5.91 Å². The Kier molecular flexibility index (Phi) is 5.59. The van der Waals surface area contributed by atoms with Gasteiger partial charge in [0.25, 0.3) is 0 Å². The Morgan fingerprint density at radius 2 is 1.68 bits per heavy atom. The van der Waals surface area contributed by atoms with Crippen molar-refractivity contribution in [3.05, 3.63) is 69.7 Å². The normalized spacial score (nSPS) is 15.0. The van der Waals surface area contributed by atoms with E-state index in [2.05, 4.69) is 52.9 Å². The van der Waals surface area contributed by atoms with Gasteiger partial charge in [-0.1, -0.05) is 40.2 Å². The maximum absolute atomic E-state index is 12.4. The van der Waals surface area contributed by atoms with E-state index < -0.39 is 0 Å². The maximum atomic E-state index is 12.4. The second-order valence-electron chi connectivity index (χ2n) is 6.42. The lowest BCUT2D eigenvalue weighted by atomic mass is 10.1. The number of hydrogen-bond donors (Lipinski definition) is 0. The highest BCUT2D eigenvalue weighted by molar-refractivity contribution is 9.10. The first-order valence-electron chi connectivity index (χ1n) is 8.58. The summed E-state index contributed by atoms with van der Waals surface area (Å²) >= 11 is 3.42. The van der Waals surface area contributed by atoms with E-state index in [1.807, 2.05) is 35.2 Å². The lowest BCUT2D eigenvalue weighted by molar-refractivity contribution is -0.126. The zero-order chi connectivity index (χ0) is 17.8. The van der Waals surface area contributed by atoms with E-state index in [4.69, 9.17) is 0 Å². The Labute approximate surface area is 158 Å². The quantitative estimate of drug-likeness (QED) is 0.713. The van der Waals surface area contributed by atoms with E-state index in [0.717, 1.165) is 36.2 Å². The van der Waals surface area contributed by atoms with Crippen LogP contribution in [0.4, 0.5) is 5.69 Å². The van der Waals surface area contributed by atoms with Gasteiger partial charge >= 0.3 is 0 Å². The van der Waals surface area contributed by atoms with Crippen LogP contribution >= 0.6 is 15.9 Å². The van der Waals surface area contributed by atoms with Gasteiger partial charge in [-0.3, -0.25) is 4.79 Å². The fourth-order valence-electron chi connectivity index (χ4n) is 3.09. The molecule has 0 unspecified atom stereocenters. The van der Waals surface area contributed by atoms with Gasteiger partial charge in [0.2, 0.25) is 5.91 Å². The largest absolute Gasteiger partial charge is 0.368 e. The molecule has 0 bridgehead atoms. The zero-order valence-electron chi connectivity index (χ0n) is 14.7. The molecule has 4 heteroatoms. The van der Waals surface area contributed by atoms with Crippen LogP contribution in [-0.2, 0) is 4.79 Å². The highest BCUT2D eigenvalue weighted by atomic mass is 79.9. The highest BCUT2D eigenvalue weighted by Gasteiger charge is 2.20. The average Bonchev–Trinajstić information content (AvgIpc) is 2.63. The molecule has 2 aromatic rings. The minimum atomic E-state index is 0.0866. The lowest BCUT2D eigenvalue weighted by Crippen LogP contribution is -2.48. The lowest BCUT2D eigenvalue weighted by Gasteiger charge is -2.36. The Hall–Kier alpha value is -2.07. The van der Waals surface area contributed by atoms with Gasteiger partial charge in [0.15, 0.2) is 0 Å².